The van der Waals surface area contributed by atoms with Crippen molar-refractivity contribution in [1.82, 2.24) is 29.9 Å². The van der Waals surface area contributed by atoms with Crippen LogP contribution in [0.1, 0.15) is 24.2 Å². The minimum atomic E-state index is -0.274. The van der Waals surface area contributed by atoms with Gasteiger partial charge in [0.1, 0.15) is 17.5 Å². The van der Waals surface area contributed by atoms with Gasteiger partial charge in [-0.3, -0.25) is 19.7 Å². The number of aromatic amines is 1. The van der Waals surface area contributed by atoms with Crippen LogP contribution in [0.25, 0.3) is 33.2 Å². The maximum atomic E-state index is 6.28. The van der Waals surface area contributed by atoms with Crippen LogP contribution in [0.2, 0.25) is 0 Å². The summed E-state index contributed by atoms with van der Waals surface area (Å²) in [7, 11) is 1.88. The maximum absolute atomic E-state index is 6.28. The van der Waals surface area contributed by atoms with Crippen molar-refractivity contribution in [1.29, 1.82) is 0 Å². The third-order valence-electron chi connectivity index (χ3n) is 5.03. The van der Waals surface area contributed by atoms with Gasteiger partial charge in [0.15, 0.2) is 0 Å². The van der Waals surface area contributed by atoms with E-state index < -0.39 is 0 Å². The van der Waals surface area contributed by atoms with Gasteiger partial charge in [0, 0.05) is 47.7 Å². The Morgan fingerprint density at radius 3 is 2.83 bits per heavy atom. The molecule has 7 nitrogen and oxygen atoms in total. The van der Waals surface area contributed by atoms with Crippen LogP contribution in [0.5, 0.6) is 5.75 Å². The Labute approximate surface area is 172 Å². The second-order valence-corrected chi connectivity index (χ2v) is 7.08. The summed E-state index contributed by atoms with van der Waals surface area (Å²) in [4.78, 5) is 8.87. The first-order valence-electron chi connectivity index (χ1n) is 9.47. The highest BCUT2D eigenvalue weighted by Gasteiger charge is 2.16. The molecule has 0 spiro atoms. The van der Waals surface area contributed by atoms with Crippen LogP contribution < -0.4 is 4.74 Å². The van der Waals surface area contributed by atoms with Crippen molar-refractivity contribution in [2.45, 2.75) is 13.0 Å². The van der Waals surface area contributed by atoms with Crippen LogP contribution in [0.3, 0.4) is 0 Å². The average Bonchev–Trinajstić information content (AvgIpc) is 3.38. The quantitative estimate of drug-likeness (QED) is 0.466. The Hall–Kier alpha value is -4.18. The first-order valence-corrected chi connectivity index (χ1v) is 9.47. The summed E-state index contributed by atoms with van der Waals surface area (Å²) in [5.41, 5.74) is 5.89. The largest absolute Gasteiger partial charge is 0.486 e. The van der Waals surface area contributed by atoms with Gasteiger partial charge in [0.2, 0.25) is 0 Å². The van der Waals surface area contributed by atoms with Gasteiger partial charge in [-0.1, -0.05) is 5.92 Å². The van der Waals surface area contributed by atoms with Crippen molar-refractivity contribution < 1.29 is 4.74 Å². The number of ether oxygens (including phenoxy) is 1. The molecule has 0 bridgehead atoms. The molecular weight excluding hydrogens is 376 g/mol. The van der Waals surface area contributed by atoms with E-state index in [0.717, 1.165) is 50.1 Å². The number of benzene rings is 2. The molecule has 1 N–H and O–H groups in total. The molecule has 3 heterocycles. The fraction of sp³-hybridized carbons (Fsp3) is 0.130. The van der Waals surface area contributed by atoms with Crippen LogP contribution in [0.15, 0.2) is 55.1 Å². The minimum absolute atomic E-state index is 0.274. The molecule has 0 amide bonds. The lowest BCUT2D eigenvalue weighted by molar-refractivity contribution is 0.228. The van der Waals surface area contributed by atoms with Crippen molar-refractivity contribution in [2.24, 2.45) is 7.05 Å². The SMILES string of the molecule is C#Cc1cc(C(C)Oc2ccc3[nH]nc(-c4cnn(C)c4)c3c2)c2nccnc2c1. The Morgan fingerprint density at radius 1 is 1.17 bits per heavy atom. The summed E-state index contributed by atoms with van der Waals surface area (Å²) in [6.45, 7) is 1.98. The standard InChI is InChI=1S/C23H18N6O/c1-4-15-9-18(23-21(10-15)24-7-8-25-23)14(2)30-17-5-6-20-19(11-17)22(28-27-20)16-12-26-29(3)13-16/h1,5-14H,2-3H3,(H,27,28). The third-order valence-corrected chi connectivity index (χ3v) is 5.03. The van der Waals surface area contributed by atoms with Crippen molar-refractivity contribution in [3.8, 4) is 29.4 Å². The molecule has 0 saturated carbocycles. The van der Waals surface area contributed by atoms with Gasteiger partial charge in [0.05, 0.1) is 22.7 Å². The van der Waals surface area contributed by atoms with E-state index in [2.05, 4.69) is 31.2 Å². The molecule has 0 aliphatic carbocycles. The van der Waals surface area contributed by atoms with Crippen molar-refractivity contribution >= 4 is 21.9 Å². The van der Waals surface area contributed by atoms with Crippen LogP contribution in [0, 0.1) is 12.3 Å². The Bertz CT molecular complexity index is 1420. The number of aryl methyl sites for hydroxylation is 1. The summed E-state index contributed by atoms with van der Waals surface area (Å²) < 4.78 is 8.04. The van der Waals surface area contributed by atoms with E-state index in [1.165, 1.54) is 0 Å². The number of aromatic nitrogens is 6. The zero-order valence-electron chi connectivity index (χ0n) is 16.5. The highest BCUT2D eigenvalue weighted by atomic mass is 16.5. The molecule has 3 aromatic heterocycles. The molecule has 0 saturated heterocycles. The van der Waals surface area contributed by atoms with E-state index in [1.807, 2.05) is 50.5 Å². The molecule has 2 aromatic carbocycles. The van der Waals surface area contributed by atoms with Crippen molar-refractivity contribution in [3.05, 3.63) is 66.2 Å². The van der Waals surface area contributed by atoms with E-state index in [4.69, 9.17) is 11.2 Å². The first-order chi connectivity index (χ1) is 14.6. The van der Waals surface area contributed by atoms with Gasteiger partial charge in [-0.05, 0) is 37.3 Å². The number of H-pyrrole nitrogens is 1. The Balaban J connectivity index is 1.53. The third kappa shape index (κ3) is 3.05. The fourth-order valence-electron chi connectivity index (χ4n) is 3.59. The Kier molecular flexibility index (Phi) is 4.18. The zero-order valence-corrected chi connectivity index (χ0v) is 16.5. The molecule has 5 rings (SSSR count). The number of hydrogen-bond donors (Lipinski definition) is 1. The number of fused-ring (bicyclic) bond motifs is 2. The molecule has 0 radical (unpaired) electrons. The predicted molar refractivity (Wildman–Crippen MR) is 115 cm³/mol. The molecule has 30 heavy (non-hydrogen) atoms. The molecule has 146 valence electrons. The molecule has 1 unspecified atom stereocenters. The number of terminal acetylenes is 1. The molecule has 0 fully saturated rings. The molecule has 0 aliphatic heterocycles. The molecule has 5 aromatic rings. The van der Waals surface area contributed by atoms with E-state index >= 15 is 0 Å². The highest BCUT2D eigenvalue weighted by molar-refractivity contribution is 5.93. The number of rotatable bonds is 4. The summed E-state index contributed by atoms with van der Waals surface area (Å²) >= 11 is 0. The molecule has 0 aliphatic rings. The Morgan fingerprint density at radius 2 is 2.03 bits per heavy atom. The van der Waals surface area contributed by atoms with Crippen LogP contribution in [-0.4, -0.2) is 29.9 Å². The van der Waals surface area contributed by atoms with Crippen molar-refractivity contribution in [2.75, 3.05) is 0 Å². The number of hydrogen-bond acceptors (Lipinski definition) is 5. The fourth-order valence-corrected chi connectivity index (χ4v) is 3.59. The lowest BCUT2D eigenvalue weighted by atomic mass is 10.0. The summed E-state index contributed by atoms with van der Waals surface area (Å²) in [6.07, 6.45) is 12.4. The monoisotopic (exact) mass is 394 g/mol. The molecular formula is C23H18N6O. The van der Waals surface area contributed by atoms with E-state index in [0.29, 0.717) is 0 Å². The zero-order chi connectivity index (χ0) is 20.7. The minimum Gasteiger partial charge on any atom is -0.486 e. The van der Waals surface area contributed by atoms with Crippen LogP contribution >= 0.6 is 0 Å². The van der Waals surface area contributed by atoms with Crippen LogP contribution in [0.4, 0.5) is 0 Å². The van der Waals surface area contributed by atoms with Gasteiger partial charge in [-0.15, -0.1) is 6.42 Å². The lowest BCUT2D eigenvalue weighted by Gasteiger charge is -2.17. The van der Waals surface area contributed by atoms with E-state index in [1.54, 1.807) is 23.3 Å². The topological polar surface area (TPSA) is 81.5 Å². The summed E-state index contributed by atoms with van der Waals surface area (Å²) in [5.74, 6) is 3.41. The smallest absolute Gasteiger partial charge is 0.123 e. The van der Waals surface area contributed by atoms with E-state index in [9.17, 15) is 0 Å². The number of nitrogens with one attached hydrogen (secondary N) is 1. The van der Waals surface area contributed by atoms with Gasteiger partial charge in [-0.2, -0.15) is 10.2 Å². The van der Waals surface area contributed by atoms with Crippen LogP contribution in [-0.2, 0) is 7.05 Å². The van der Waals surface area contributed by atoms with Gasteiger partial charge in [0.25, 0.3) is 0 Å². The predicted octanol–water partition coefficient (Wildman–Crippen LogP) is 4.03. The molecule has 1 atom stereocenters. The maximum Gasteiger partial charge on any atom is 0.123 e. The summed E-state index contributed by atoms with van der Waals surface area (Å²) in [5, 5.41) is 12.7. The van der Waals surface area contributed by atoms with Gasteiger partial charge in [-0.25, -0.2) is 0 Å². The van der Waals surface area contributed by atoms with Crippen molar-refractivity contribution in [3.63, 3.8) is 0 Å². The van der Waals surface area contributed by atoms with Gasteiger partial charge >= 0.3 is 0 Å². The van der Waals surface area contributed by atoms with E-state index in [-0.39, 0.29) is 6.10 Å². The first kappa shape index (κ1) is 17.9. The highest BCUT2D eigenvalue weighted by Crippen LogP contribution is 2.32. The normalized spacial score (nSPS) is 12.2. The number of nitrogens with zero attached hydrogens (tertiary/aromatic N) is 5. The lowest BCUT2D eigenvalue weighted by Crippen LogP contribution is -2.05. The second kappa shape index (κ2) is 7.01. The molecule has 7 heteroatoms. The van der Waals surface area contributed by atoms with Gasteiger partial charge < -0.3 is 4.74 Å². The summed E-state index contributed by atoms with van der Waals surface area (Å²) in [6, 6.07) is 9.65. The average molecular weight is 394 g/mol. The second-order valence-electron chi connectivity index (χ2n) is 7.08.